The van der Waals surface area contributed by atoms with E-state index in [0.29, 0.717) is 36.0 Å². The van der Waals surface area contributed by atoms with Crippen LogP contribution >= 0.6 is 12.2 Å². The highest BCUT2D eigenvalue weighted by molar-refractivity contribution is 7.81. The molecular weight excluding hydrogens is 391 g/mol. The lowest BCUT2D eigenvalue weighted by molar-refractivity contribution is -0.577. The molecule has 2 heterocycles. The van der Waals surface area contributed by atoms with E-state index < -0.39 is 0 Å². The summed E-state index contributed by atoms with van der Waals surface area (Å²) in [6.45, 7) is 0.905. The van der Waals surface area contributed by atoms with Crippen molar-refractivity contribution in [1.29, 1.82) is 0 Å². The van der Waals surface area contributed by atoms with Gasteiger partial charge in [-0.1, -0.05) is 24.4 Å². The summed E-state index contributed by atoms with van der Waals surface area (Å²) in [5.74, 6) is 0.499. The number of hydrogen-bond acceptors (Lipinski definition) is 4. The Morgan fingerprint density at radius 3 is 2.38 bits per heavy atom. The Hall–Kier alpha value is -3.45. The average Bonchev–Trinajstić information content (AvgIpc) is 2.76. The third kappa shape index (κ3) is 4.20. The number of ether oxygens (including phenoxy) is 2. The summed E-state index contributed by atoms with van der Waals surface area (Å²) in [4.78, 5) is 0.215. The summed E-state index contributed by atoms with van der Waals surface area (Å²) in [7, 11) is 0. The molecule has 4 rings (SSSR count). The quantitative estimate of drug-likeness (QED) is 0.311. The number of nitrogens with zero attached hydrogens (tertiary/aromatic N) is 1. The van der Waals surface area contributed by atoms with Crippen molar-refractivity contribution in [3.05, 3.63) is 84.4 Å². The minimum absolute atomic E-state index is 0.215. The van der Waals surface area contributed by atoms with Gasteiger partial charge in [0.1, 0.15) is 19.0 Å². The van der Waals surface area contributed by atoms with Gasteiger partial charge in [0.05, 0.1) is 0 Å². The molecule has 3 aromatic rings. The summed E-state index contributed by atoms with van der Waals surface area (Å²) in [6.07, 6.45) is 3.48. The van der Waals surface area contributed by atoms with Crippen LogP contribution in [0.15, 0.2) is 73.1 Å². The van der Waals surface area contributed by atoms with Crippen LogP contribution < -0.4 is 24.5 Å². The maximum Gasteiger partial charge on any atom is 0.238 e. The van der Waals surface area contributed by atoms with Crippen molar-refractivity contribution in [1.82, 2.24) is 0 Å². The van der Waals surface area contributed by atoms with Crippen molar-refractivity contribution in [3.63, 3.8) is 0 Å². The van der Waals surface area contributed by atoms with Crippen LogP contribution in [0, 0.1) is 5.82 Å². The molecule has 7 heteroatoms. The Kier molecular flexibility index (Phi) is 5.39. The third-order valence-electron chi connectivity index (χ3n) is 4.31. The molecule has 0 unspecified atom stereocenters. The van der Waals surface area contributed by atoms with E-state index >= 15 is 0 Å². The van der Waals surface area contributed by atoms with Gasteiger partial charge in [-0.2, -0.15) is 4.57 Å². The summed E-state index contributed by atoms with van der Waals surface area (Å²) in [5.41, 5.74) is 1.27. The molecule has 1 aromatic heterocycles. The topological polar surface area (TPSA) is 57.4 Å². The van der Waals surface area contributed by atoms with E-state index in [9.17, 15) is 9.50 Å². The first-order valence-electron chi connectivity index (χ1n) is 8.97. The van der Waals surface area contributed by atoms with E-state index in [1.54, 1.807) is 59.4 Å². The Morgan fingerprint density at radius 1 is 0.966 bits per heavy atom. The molecule has 0 spiro atoms. The fourth-order valence-electron chi connectivity index (χ4n) is 2.93. The van der Waals surface area contributed by atoms with Crippen molar-refractivity contribution in [2.75, 3.05) is 18.5 Å². The van der Waals surface area contributed by atoms with E-state index in [1.165, 1.54) is 12.1 Å². The molecule has 5 nitrogen and oxygen atoms in total. The molecule has 0 saturated carbocycles. The second-order valence-electron chi connectivity index (χ2n) is 6.28. The molecule has 0 amide bonds. The maximum atomic E-state index is 13.4. The van der Waals surface area contributed by atoms with E-state index in [2.05, 4.69) is 5.32 Å². The highest BCUT2D eigenvalue weighted by Crippen LogP contribution is 2.32. The molecule has 0 saturated heterocycles. The highest BCUT2D eigenvalue weighted by Gasteiger charge is 2.20. The molecule has 0 atom stereocenters. The van der Waals surface area contributed by atoms with Crippen LogP contribution in [0.25, 0.3) is 11.5 Å². The van der Waals surface area contributed by atoms with Crippen LogP contribution in [-0.4, -0.2) is 18.2 Å². The molecule has 1 aliphatic heterocycles. The summed E-state index contributed by atoms with van der Waals surface area (Å²) < 4.78 is 26.0. The SMILES string of the molecule is [O-]/C(=C(\C(=S)Nc1ccc(F)cc1)[n+]1ccccc1)c1ccc2c(c1)OCCO2. The van der Waals surface area contributed by atoms with E-state index in [1.807, 2.05) is 6.07 Å². The van der Waals surface area contributed by atoms with Gasteiger partial charge in [0, 0.05) is 17.8 Å². The minimum atomic E-state index is -0.351. The van der Waals surface area contributed by atoms with E-state index in [4.69, 9.17) is 21.7 Å². The lowest BCUT2D eigenvalue weighted by Crippen LogP contribution is -2.39. The van der Waals surface area contributed by atoms with Gasteiger partial charge in [0.2, 0.25) is 5.70 Å². The largest absolute Gasteiger partial charge is 0.867 e. The van der Waals surface area contributed by atoms with Gasteiger partial charge in [0.15, 0.2) is 28.9 Å². The summed E-state index contributed by atoms with van der Waals surface area (Å²) in [6, 6.07) is 16.3. The lowest BCUT2D eigenvalue weighted by Gasteiger charge is -2.21. The molecule has 146 valence electrons. The van der Waals surface area contributed by atoms with Gasteiger partial charge in [-0.05, 0) is 47.7 Å². The molecule has 0 bridgehead atoms. The molecule has 1 N–H and O–H groups in total. The second kappa shape index (κ2) is 8.28. The van der Waals surface area contributed by atoms with Crippen molar-refractivity contribution < 1.29 is 23.5 Å². The number of rotatable bonds is 4. The highest BCUT2D eigenvalue weighted by atomic mass is 32.1. The van der Waals surface area contributed by atoms with Crippen LogP contribution in [0.3, 0.4) is 0 Å². The Labute approximate surface area is 172 Å². The smallest absolute Gasteiger partial charge is 0.238 e. The molecule has 0 fully saturated rings. The van der Waals surface area contributed by atoms with Crippen molar-refractivity contribution in [2.45, 2.75) is 0 Å². The maximum absolute atomic E-state index is 13.4. The van der Waals surface area contributed by atoms with Crippen LogP contribution in [0.1, 0.15) is 5.56 Å². The molecule has 2 aromatic carbocycles. The fourth-order valence-corrected chi connectivity index (χ4v) is 3.25. The van der Waals surface area contributed by atoms with Gasteiger partial charge in [-0.25, -0.2) is 4.39 Å². The molecular formula is C22H17FN2O3S. The number of pyridine rings is 1. The Bertz CT molecular complexity index is 1070. The molecule has 1 aliphatic rings. The fraction of sp³-hybridized carbons (Fsp3) is 0.0909. The number of hydrogen-bond donors (Lipinski definition) is 1. The predicted octanol–water partition coefficient (Wildman–Crippen LogP) is 3.01. The Balaban J connectivity index is 1.75. The number of nitrogens with one attached hydrogen (secondary N) is 1. The van der Waals surface area contributed by atoms with E-state index in [-0.39, 0.29) is 22.3 Å². The van der Waals surface area contributed by atoms with Crippen LogP contribution in [0.4, 0.5) is 10.1 Å². The number of anilines is 1. The molecule has 29 heavy (non-hydrogen) atoms. The van der Waals surface area contributed by atoms with Crippen LogP contribution in [0.5, 0.6) is 11.5 Å². The van der Waals surface area contributed by atoms with Crippen molar-refractivity contribution >= 4 is 34.3 Å². The second-order valence-corrected chi connectivity index (χ2v) is 6.69. The number of thiocarbonyl (C=S) groups is 1. The van der Waals surface area contributed by atoms with Gasteiger partial charge < -0.3 is 19.9 Å². The van der Waals surface area contributed by atoms with Crippen LogP contribution in [0.2, 0.25) is 0 Å². The third-order valence-corrected chi connectivity index (χ3v) is 4.61. The van der Waals surface area contributed by atoms with Gasteiger partial charge in [-0.3, -0.25) is 0 Å². The number of halogens is 1. The van der Waals surface area contributed by atoms with Gasteiger partial charge in [0.25, 0.3) is 0 Å². The molecule has 0 radical (unpaired) electrons. The monoisotopic (exact) mass is 408 g/mol. The minimum Gasteiger partial charge on any atom is -0.867 e. The number of aromatic nitrogens is 1. The van der Waals surface area contributed by atoms with Crippen molar-refractivity contribution in [3.8, 4) is 11.5 Å². The van der Waals surface area contributed by atoms with E-state index in [0.717, 1.165) is 0 Å². The number of fused-ring (bicyclic) bond motifs is 1. The zero-order valence-electron chi connectivity index (χ0n) is 15.3. The average molecular weight is 408 g/mol. The number of benzene rings is 2. The van der Waals surface area contributed by atoms with Crippen molar-refractivity contribution in [2.24, 2.45) is 0 Å². The first-order chi connectivity index (χ1) is 14.1. The Morgan fingerprint density at radius 2 is 1.66 bits per heavy atom. The zero-order chi connectivity index (χ0) is 20.2. The van der Waals surface area contributed by atoms with Gasteiger partial charge in [-0.15, -0.1) is 0 Å². The van der Waals surface area contributed by atoms with Gasteiger partial charge >= 0.3 is 0 Å². The summed E-state index contributed by atoms with van der Waals surface area (Å²) >= 11 is 5.53. The normalized spacial score (nSPS) is 13.4. The zero-order valence-corrected chi connectivity index (χ0v) is 16.1. The van der Waals surface area contributed by atoms with Crippen LogP contribution in [-0.2, 0) is 0 Å². The lowest BCUT2D eigenvalue weighted by atomic mass is 10.1. The first-order valence-corrected chi connectivity index (χ1v) is 9.37. The summed E-state index contributed by atoms with van der Waals surface area (Å²) in [5, 5.41) is 16.4. The first kappa shape index (κ1) is 18.9. The molecule has 0 aliphatic carbocycles. The predicted molar refractivity (Wildman–Crippen MR) is 110 cm³/mol. The standard InChI is InChI=1S/C22H17FN2O3S/c23-16-5-7-17(8-6-16)24-22(29)20(25-10-2-1-3-11-25)21(26)15-4-9-18-19(14-15)28-13-12-27-18/h1-11,14H,12-13H2,(H-,24,26,29).